The molecule has 104 valence electrons. The summed E-state index contributed by atoms with van der Waals surface area (Å²) in [5.41, 5.74) is 7.10. The highest BCUT2D eigenvalue weighted by Gasteiger charge is 2.34. The van der Waals surface area contributed by atoms with Crippen molar-refractivity contribution in [3.8, 4) is 11.5 Å². The van der Waals surface area contributed by atoms with E-state index in [4.69, 9.17) is 10.5 Å². The van der Waals surface area contributed by atoms with Gasteiger partial charge in [-0.2, -0.15) is 0 Å². The van der Waals surface area contributed by atoms with Gasteiger partial charge in [-0.15, -0.1) is 0 Å². The fourth-order valence-corrected chi connectivity index (χ4v) is 2.09. The molecule has 2 aromatic rings. The van der Waals surface area contributed by atoms with Crippen LogP contribution in [0.5, 0.6) is 11.5 Å². The number of nitrogen functional groups attached to an aromatic ring is 1. The van der Waals surface area contributed by atoms with E-state index in [0.29, 0.717) is 17.1 Å². The fraction of sp³-hybridized carbons (Fsp3) is 0.143. The van der Waals surface area contributed by atoms with Crippen LogP contribution in [0.15, 0.2) is 42.5 Å². The predicted octanol–water partition coefficient (Wildman–Crippen LogP) is 1.54. The van der Waals surface area contributed by atoms with Crippen molar-refractivity contribution < 1.29 is 14.9 Å². The van der Waals surface area contributed by atoms with Gasteiger partial charge < -0.3 is 31.3 Å². The van der Waals surface area contributed by atoms with E-state index in [-0.39, 0.29) is 18.0 Å². The SMILES string of the molecule is Nc1c2ccc(O)c1NC(O)(Oc1ccccc1)CN2. The van der Waals surface area contributed by atoms with Gasteiger partial charge in [0.2, 0.25) is 0 Å². The molecular weight excluding hydrogens is 258 g/mol. The van der Waals surface area contributed by atoms with Gasteiger partial charge in [0.1, 0.15) is 23.7 Å². The molecule has 2 aromatic carbocycles. The van der Waals surface area contributed by atoms with Crippen molar-refractivity contribution >= 4 is 17.1 Å². The second-order valence-corrected chi connectivity index (χ2v) is 4.60. The number of nitrogens with two attached hydrogens (primary N) is 1. The molecule has 0 radical (unpaired) electrons. The molecule has 0 saturated heterocycles. The number of anilines is 3. The Bertz CT molecular complexity index is 633. The van der Waals surface area contributed by atoms with Crippen molar-refractivity contribution in [2.75, 3.05) is 22.9 Å². The molecule has 1 aliphatic rings. The van der Waals surface area contributed by atoms with Crippen LogP contribution in [-0.2, 0) is 0 Å². The molecule has 6 N–H and O–H groups in total. The smallest absolute Gasteiger partial charge is 0.308 e. The molecular formula is C14H15N3O3. The third kappa shape index (κ3) is 2.17. The monoisotopic (exact) mass is 273 g/mol. The summed E-state index contributed by atoms with van der Waals surface area (Å²) in [6.07, 6.45) is 0. The Hall–Kier alpha value is -2.60. The third-order valence-electron chi connectivity index (χ3n) is 3.09. The molecule has 6 heteroatoms. The highest BCUT2D eigenvalue weighted by atomic mass is 16.6. The van der Waals surface area contributed by atoms with E-state index < -0.39 is 5.91 Å². The van der Waals surface area contributed by atoms with Crippen molar-refractivity contribution in [3.05, 3.63) is 42.5 Å². The van der Waals surface area contributed by atoms with Gasteiger partial charge in [-0.05, 0) is 24.3 Å². The van der Waals surface area contributed by atoms with Crippen molar-refractivity contribution in [1.29, 1.82) is 0 Å². The lowest BCUT2D eigenvalue weighted by molar-refractivity contribution is -0.0996. The molecule has 0 fully saturated rings. The molecule has 0 aliphatic carbocycles. The topological polar surface area (TPSA) is 99.8 Å². The van der Waals surface area contributed by atoms with Gasteiger partial charge in [0, 0.05) is 0 Å². The first kappa shape index (κ1) is 12.4. The largest absolute Gasteiger partial charge is 0.506 e. The highest BCUT2D eigenvalue weighted by Crippen LogP contribution is 2.39. The first-order valence-electron chi connectivity index (χ1n) is 6.17. The summed E-state index contributed by atoms with van der Waals surface area (Å²) < 4.78 is 5.55. The Balaban J connectivity index is 1.92. The summed E-state index contributed by atoms with van der Waals surface area (Å²) in [5.74, 6) is -1.27. The summed E-state index contributed by atoms with van der Waals surface area (Å²) >= 11 is 0. The van der Waals surface area contributed by atoms with Gasteiger partial charge in [0.25, 0.3) is 0 Å². The van der Waals surface area contributed by atoms with Gasteiger partial charge in [-0.1, -0.05) is 18.2 Å². The fourth-order valence-electron chi connectivity index (χ4n) is 2.09. The van der Waals surface area contributed by atoms with Crippen LogP contribution in [-0.4, -0.2) is 22.7 Å². The number of hydrogen-bond donors (Lipinski definition) is 5. The molecule has 2 bridgehead atoms. The number of rotatable bonds is 2. The second kappa shape index (κ2) is 4.50. The highest BCUT2D eigenvalue weighted by molar-refractivity contribution is 5.86. The lowest BCUT2D eigenvalue weighted by Crippen LogP contribution is -2.49. The maximum absolute atomic E-state index is 10.5. The molecule has 1 unspecified atom stereocenters. The third-order valence-corrected chi connectivity index (χ3v) is 3.09. The number of aromatic hydroxyl groups is 1. The number of nitrogens with one attached hydrogen (secondary N) is 2. The summed E-state index contributed by atoms with van der Waals surface area (Å²) in [6, 6.07) is 12.0. The van der Waals surface area contributed by atoms with Crippen LogP contribution in [0.1, 0.15) is 0 Å². The minimum absolute atomic E-state index is 0.0509. The average molecular weight is 273 g/mol. The molecule has 0 amide bonds. The van der Waals surface area contributed by atoms with E-state index in [9.17, 15) is 10.2 Å². The number of aliphatic hydroxyl groups is 1. The zero-order chi connectivity index (χ0) is 14.2. The zero-order valence-electron chi connectivity index (χ0n) is 10.6. The van der Waals surface area contributed by atoms with E-state index in [2.05, 4.69) is 10.6 Å². The zero-order valence-corrected chi connectivity index (χ0v) is 10.6. The standard InChI is InChI=1S/C14H15N3O3/c15-12-10-6-7-11(18)13(12)17-14(19,8-16-10)20-9-4-2-1-3-5-9/h1-7,16-19H,8,15H2. The Morgan fingerprint density at radius 1 is 1.15 bits per heavy atom. The van der Waals surface area contributed by atoms with Crippen molar-refractivity contribution in [1.82, 2.24) is 0 Å². The first-order chi connectivity index (χ1) is 9.57. The number of ether oxygens (including phenoxy) is 1. The van der Waals surface area contributed by atoms with Crippen molar-refractivity contribution in [2.45, 2.75) is 5.91 Å². The number of hydrogen-bond acceptors (Lipinski definition) is 6. The average Bonchev–Trinajstić information content (AvgIpc) is 2.51. The summed E-state index contributed by atoms with van der Waals surface area (Å²) in [4.78, 5) is 0. The maximum Gasteiger partial charge on any atom is 0.308 e. The lowest BCUT2D eigenvalue weighted by Gasteiger charge is -2.29. The van der Waals surface area contributed by atoms with Crippen LogP contribution in [0.2, 0.25) is 0 Å². The van der Waals surface area contributed by atoms with Gasteiger partial charge in [-0.25, -0.2) is 0 Å². The van der Waals surface area contributed by atoms with Crippen LogP contribution < -0.4 is 21.1 Å². The molecule has 1 heterocycles. The van der Waals surface area contributed by atoms with Crippen LogP contribution in [0.4, 0.5) is 17.1 Å². The number of phenolic OH excluding ortho intramolecular Hbond substituents is 1. The number of fused-ring (bicyclic) bond motifs is 2. The van der Waals surface area contributed by atoms with Crippen molar-refractivity contribution in [2.24, 2.45) is 0 Å². The molecule has 0 saturated carbocycles. The predicted molar refractivity (Wildman–Crippen MR) is 76.7 cm³/mol. The van der Waals surface area contributed by atoms with Crippen molar-refractivity contribution in [3.63, 3.8) is 0 Å². The first-order valence-corrected chi connectivity index (χ1v) is 6.17. The summed E-state index contributed by atoms with van der Waals surface area (Å²) in [7, 11) is 0. The number of para-hydroxylation sites is 1. The van der Waals surface area contributed by atoms with Gasteiger partial charge in [0.15, 0.2) is 0 Å². The Morgan fingerprint density at radius 3 is 2.65 bits per heavy atom. The summed E-state index contributed by atoms with van der Waals surface area (Å²) in [5, 5.41) is 26.1. The van der Waals surface area contributed by atoms with E-state index in [1.54, 1.807) is 30.3 Å². The Kier molecular flexibility index (Phi) is 2.80. The minimum atomic E-state index is -1.72. The van der Waals surface area contributed by atoms with E-state index in [1.807, 2.05) is 6.07 Å². The van der Waals surface area contributed by atoms with Crippen LogP contribution in [0.25, 0.3) is 0 Å². The Labute approximate surface area is 115 Å². The lowest BCUT2D eigenvalue weighted by atomic mass is 10.2. The number of benzene rings is 2. The minimum Gasteiger partial charge on any atom is -0.506 e. The normalized spacial score (nSPS) is 20.4. The van der Waals surface area contributed by atoms with Crippen LogP contribution in [0, 0.1) is 0 Å². The molecule has 0 aromatic heterocycles. The van der Waals surface area contributed by atoms with E-state index in [0.717, 1.165) is 0 Å². The maximum atomic E-state index is 10.5. The molecule has 1 atom stereocenters. The molecule has 1 aliphatic heterocycles. The van der Waals surface area contributed by atoms with Gasteiger partial charge >= 0.3 is 5.91 Å². The second-order valence-electron chi connectivity index (χ2n) is 4.60. The molecule has 20 heavy (non-hydrogen) atoms. The number of phenols is 1. The van der Waals surface area contributed by atoms with Gasteiger partial charge in [0.05, 0.1) is 11.4 Å². The Morgan fingerprint density at radius 2 is 1.90 bits per heavy atom. The molecule has 3 rings (SSSR count). The molecule has 6 nitrogen and oxygen atoms in total. The molecule has 0 spiro atoms. The van der Waals surface area contributed by atoms with E-state index >= 15 is 0 Å². The quantitative estimate of drug-likeness (QED) is 0.246. The van der Waals surface area contributed by atoms with Gasteiger partial charge in [-0.3, -0.25) is 0 Å². The van der Waals surface area contributed by atoms with Crippen LogP contribution >= 0.6 is 0 Å². The van der Waals surface area contributed by atoms with E-state index in [1.165, 1.54) is 6.07 Å². The number of β-amino-alcohol motifs (C(OH)–C–C–N with tert-alkyl or cyclic N) is 1. The summed E-state index contributed by atoms with van der Waals surface area (Å²) in [6.45, 7) is 0.0685. The van der Waals surface area contributed by atoms with Crippen LogP contribution in [0.3, 0.4) is 0 Å².